The molecule has 0 saturated carbocycles. The van der Waals surface area contributed by atoms with E-state index in [4.69, 9.17) is 4.11 Å². The number of para-hydroxylation sites is 1. The highest BCUT2D eigenvalue weighted by atomic mass is 15.2. The van der Waals surface area contributed by atoms with E-state index in [0.717, 1.165) is 95.0 Å². The van der Waals surface area contributed by atoms with Gasteiger partial charge in [0, 0.05) is 39.4 Å². The molecule has 16 rings (SSSR count). The Morgan fingerprint density at radius 3 is 1.41 bits per heavy atom. The Bertz CT molecular complexity index is 5090. The molecule has 13 aromatic rings. The largest absolute Gasteiger partial charge is 0.311 e. The predicted octanol–water partition coefficient (Wildman–Crippen LogP) is 21.1. The summed E-state index contributed by atoms with van der Waals surface area (Å²) in [5.74, 6) is 0. The molecular weight excluding hydrogens is 1080 g/mol. The number of fused-ring (bicyclic) bond motifs is 7. The zero-order chi connectivity index (χ0) is 65.2. The maximum absolute atomic E-state index is 9.51. The summed E-state index contributed by atoms with van der Waals surface area (Å²) in [6.45, 7) is 13.3. The second kappa shape index (κ2) is 21.4. The summed E-state index contributed by atoms with van der Waals surface area (Å²) in [7, 11) is 0. The van der Waals surface area contributed by atoms with Crippen LogP contribution in [0.3, 0.4) is 0 Å². The maximum atomic E-state index is 9.51. The van der Waals surface area contributed by atoms with Crippen LogP contribution in [0.25, 0.3) is 66.8 Å². The summed E-state index contributed by atoms with van der Waals surface area (Å²) >= 11 is 0. The van der Waals surface area contributed by atoms with E-state index < -0.39 is 18.2 Å². The van der Waals surface area contributed by atoms with Crippen LogP contribution in [0.4, 0.5) is 34.1 Å². The van der Waals surface area contributed by atoms with Crippen molar-refractivity contribution in [3.63, 3.8) is 0 Å². The van der Waals surface area contributed by atoms with E-state index in [1.54, 1.807) is 0 Å². The van der Waals surface area contributed by atoms with Gasteiger partial charge in [0.25, 0.3) is 6.71 Å². The predicted molar refractivity (Wildman–Crippen MR) is 382 cm³/mol. The van der Waals surface area contributed by atoms with Crippen molar-refractivity contribution < 1.29 is 6.85 Å². The van der Waals surface area contributed by atoms with Crippen LogP contribution in [-0.4, -0.2) is 6.71 Å². The Balaban J connectivity index is 1.12. The van der Waals surface area contributed by atoms with Gasteiger partial charge in [-0.05, 0) is 147 Å². The Labute approximate surface area is 538 Å². The Kier molecular flexibility index (Phi) is 11.8. The van der Waals surface area contributed by atoms with E-state index in [-0.39, 0.29) is 40.6 Å². The fourth-order valence-electron chi connectivity index (χ4n) is 14.9. The van der Waals surface area contributed by atoms with E-state index in [1.807, 2.05) is 6.07 Å². The second-order valence-corrected chi connectivity index (χ2v) is 26.4. The molecule has 3 aliphatic rings. The lowest BCUT2D eigenvalue weighted by Crippen LogP contribution is -2.61. The van der Waals surface area contributed by atoms with E-state index in [9.17, 15) is 2.74 Å². The highest BCUT2D eigenvalue weighted by molar-refractivity contribution is 7.00. The number of benzene rings is 13. The Morgan fingerprint density at radius 1 is 0.322 bits per heavy atom. The number of hydrogen-bond acceptors (Lipinski definition) is 2. The molecule has 90 heavy (non-hydrogen) atoms. The molecule has 13 aromatic carbocycles. The van der Waals surface area contributed by atoms with Crippen LogP contribution in [0, 0.1) is 0 Å². The van der Waals surface area contributed by atoms with Gasteiger partial charge in [0.15, 0.2) is 0 Å². The second-order valence-electron chi connectivity index (χ2n) is 26.4. The van der Waals surface area contributed by atoms with E-state index >= 15 is 0 Å². The van der Waals surface area contributed by atoms with Crippen molar-refractivity contribution in [3.8, 4) is 66.8 Å². The SMILES string of the molecule is [2H]c1c([2H])c([2H])c(-c2ccc3c(c2)B2c4ccc(C(C)(C)C)cc4N(c4ccc(C(C)(C)C)cc4-c4ccccc4)c4cc(-c5cccc6c5C(c5ccccc5)(c5ccccc5)c5ccccc5-6)cc(c42)N3c2c(-c3ccccc3)cccc2-c2ccccc2)c([2H])c1[2H]. The maximum Gasteiger partial charge on any atom is 0.252 e. The first-order chi connectivity index (χ1) is 46.0. The van der Waals surface area contributed by atoms with Gasteiger partial charge < -0.3 is 9.80 Å². The molecule has 0 amide bonds. The van der Waals surface area contributed by atoms with Crippen LogP contribution < -0.4 is 26.2 Å². The van der Waals surface area contributed by atoms with Gasteiger partial charge in [-0.25, -0.2) is 0 Å². The average molecular weight is 1160 g/mol. The smallest absolute Gasteiger partial charge is 0.252 e. The zero-order valence-corrected chi connectivity index (χ0v) is 51.5. The van der Waals surface area contributed by atoms with E-state index in [1.165, 1.54) is 44.5 Å². The van der Waals surface area contributed by atoms with Crippen molar-refractivity contribution in [1.82, 2.24) is 0 Å². The minimum atomic E-state index is -0.746. The van der Waals surface area contributed by atoms with Crippen LogP contribution in [0.5, 0.6) is 0 Å². The molecule has 0 atom stereocenters. The first-order valence-electron chi connectivity index (χ1n) is 33.9. The molecule has 1 aliphatic carbocycles. The summed E-state index contributed by atoms with van der Waals surface area (Å²) < 4.78 is 45.8. The minimum Gasteiger partial charge on any atom is -0.311 e. The third-order valence-electron chi connectivity index (χ3n) is 19.1. The van der Waals surface area contributed by atoms with E-state index in [0.29, 0.717) is 5.56 Å². The summed E-state index contributed by atoms with van der Waals surface area (Å²) in [5.41, 5.74) is 26.6. The van der Waals surface area contributed by atoms with Gasteiger partial charge in [0.2, 0.25) is 0 Å². The Morgan fingerprint density at radius 2 is 0.811 bits per heavy atom. The molecule has 2 aliphatic heterocycles. The van der Waals surface area contributed by atoms with Gasteiger partial charge in [0.1, 0.15) is 0 Å². The van der Waals surface area contributed by atoms with Crippen molar-refractivity contribution >= 4 is 57.2 Å². The molecule has 2 nitrogen and oxygen atoms in total. The molecule has 0 fully saturated rings. The first kappa shape index (κ1) is 49.5. The standard InChI is InChI=1S/C87H69BN2/c1-85(2,3)66-49-52-77(73(56-66)61-35-19-10-20-36-61)89-79-57-67(86(4,5)6)48-50-75(79)88-76-53-62(58-29-13-7-14-30-58)47-51-78(76)90(84-69(59-31-15-8-16-32-59)43-28-44-70(84)60-33-17-9-18-34-60)81-55-63(54-80(89)83(81)88)68-42-27-45-72-71-41-25-26-46-74(71)87(82(68)72,64-37-21-11-22-38-64)65-39-23-12-24-40-65/h7-57H,1-6H3/i7D,13D,14D,29D,30D. The van der Waals surface area contributed by atoms with Crippen molar-refractivity contribution in [2.75, 3.05) is 9.80 Å². The molecule has 0 N–H and O–H groups in total. The molecule has 3 heteroatoms. The summed E-state index contributed by atoms with van der Waals surface area (Å²) in [6.07, 6.45) is 0. The quantitative estimate of drug-likeness (QED) is 0.133. The highest BCUT2D eigenvalue weighted by Gasteiger charge is 2.49. The summed E-state index contributed by atoms with van der Waals surface area (Å²) in [4.78, 5) is 5.08. The van der Waals surface area contributed by atoms with Crippen molar-refractivity contribution in [2.24, 2.45) is 0 Å². The number of hydrogen-bond donors (Lipinski definition) is 0. The van der Waals surface area contributed by atoms with Gasteiger partial charge in [-0.1, -0.05) is 314 Å². The van der Waals surface area contributed by atoms with Crippen LogP contribution >= 0.6 is 0 Å². The number of anilines is 6. The van der Waals surface area contributed by atoms with Crippen LogP contribution in [0.15, 0.2) is 309 Å². The summed E-state index contributed by atoms with van der Waals surface area (Å²) in [5, 5.41) is 0. The van der Waals surface area contributed by atoms with Crippen LogP contribution in [0.1, 0.15) is 81.8 Å². The first-order valence-corrected chi connectivity index (χ1v) is 31.4. The molecule has 2 heterocycles. The summed E-state index contributed by atoms with van der Waals surface area (Å²) in [6, 6.07) is 101. The molecule has 0 radical (unpaired) electrons. The third kappa shape index (κ3) is 8.77. The lowest BCUT2D eigenvalue weighted by molar-refractivity contribution is 0.590. The van der Waals surface area contributed by atoms with E-state index in [2.05, 4.69) is 324 Å². The fraction of sp³-hybridized carbons (Fsp3) is 0.103. The monoisotopic (exact) mass is 1160 g/mol. The topological polar surface area (TPSA) is 6.48 Å². The van der Waals surface area contributed by atoms with Crippen molar-refractivity contribution in [2.45, 2.75) is 57.8 Å². The van der Waals surface area contributed by atoms with Gasteiger partial charge in [-0.3, -0.25) is 0 Å². The van der Waals surface area contributed by atoms with Gasteiger partial charge in [0.05, 0.1) is 23.6 Å². The minimum absolute atomic E-state index is 0.160. The lowest BCUT2D eigenvalue weighted by atomic mass is 9.33. The molecule has 0 unspecified atom stereocenters. The fourth-order valence-corrected chi connectivity index (χ4v) is 14.9. The molecule has 0 aromatic heterocycles. The van der Waals surface area contributed by atoms with Gasteiger partial charge in [-0.2, -0.15) is 0 Å². The normalized spacial score (nSPS) is 14.2. The zero-order valence-electron chi connectivity index (χ0n) is 56.5. The molecule has 0 spiro atoms. The van der Waals surface area contributed by atoms with Gasteiger partial charge >= 0.3 is 0 Å². The molecule has 0 bridgehead atoms. The average Bonchev–Trinajstić information content (AvgIpc) is 1.69. The van der Waals surface area contributed by atoms with Crippen molar-refractivity contribution in [1.29, 1.82) is 0 Å². The molecule has 0 saturated heterocycles. The van der Waals surface area contributed by atoms with Gasteiger partial charge in [-0.15, -0.1) is 0 Å². The lowest BCUT2D eigenvalue weighted by Gasteiger charge is -2.46. The number of rotatable bonds is 9. The molecular formula is C87H69BN2. The third-order valence-corrected chi connectivity index (χ3v) is 19.1. The number of nitrogens with zero attached hydrogens (tertiary/aromatic N) is 2. The molecule has 430 valence electrons. The van der Waals surface area contributed by atoms with Crippen LogP contribution in [-0.2, 0) is 16.2 Å². The highest BCUT2D eigenvalue weighted by Crippen LogP contribution is 2.60. The van der Waals surface area contributed by atoms with Crippen molar-refractivity contribution in [3.05, 3.63) is 343 Å². The van der Waals surface area contributed by atoms with Crippen LogP contribution in [0.2, 0.25) is 0 Å². The Hall–Kier alpha value is -10.5.